The number of carbonyl (C=O) groups is 1. The fourth-order valence-electron chi connectivity index (χ4n) is 3.82. The van der Waals surface area contributed by atoms with E-state index in [-0.39, 0.29) is 23.3 Å². The van der Waals surface area contributed by atoms with E-state index >= 15 is 0 Å². The number of hydrogen-bond acceptors (Lipinski definition) is 8. The Hall–Kier alpha value is -3.44. The molecule has 0 spiro atoms. The second-order valence-electron chi connectivity index (χ2n) is 7.90. The van der Waals surface area contributed by atoms with Crippen molar-refractivity contribution in [1.82, 2.24) is 19.7 Å². The molecule has 4 rings (SSSR count). The summed E-state index contributed by atoms with van der Waals surface area (Å²) in [5, 5.41) is 20.1. The lowest BCUT2D eigenvalue weighted by molar-refractivity contribution is -0.387. The van der Waals surface area contributed by atoms with E-state index in [1.807, 2.05) is 24.3 Å². The van der Waals surface area contributed by atoms with Crippen molar-refractivity contribution < 1.29 is 19.2 Å². The molecule has 34 heavy (non-hydrogen) atoms. The first-order valence-corrected chi connectivity index (χ1v) is 11.6. The molecule has 11 heteroatoms. The van der Waals surface area contributed by atoms with Crippen LogP contribution in [0.3, 0.4) is 0 Å². The van der Waals surface area contributed by atoms with Gasteiger partial charge in [-0.3, -0.25) is 14.9 Å². The summed E-state index contributed by atoms with van der Waals surface area (Å²) in [6.45, 7) is 1.35. The van der Waals surface area contributed by atoms with Gasteiger partial charge >= 0.3 is 0 Å². The van der Waals surface area contributed by atoms with Crippen molar-refractivity contribution in [2.45, 2.75) is 35.5 Å². The summed E-state index contributed by atoms with van der Waals surface area (Å²) in [6, 6.07) is 12.0. The van der Waals surface area contributed by atoms with E-state index in [0.29, 0.717) is 35.5 Å². The second-order valence-corrected chi connectivity index (χ2v) is 8.91. The number of amides is 1. The first-order valence-electron chi connectivity index (χ1n) is 10.8. The number of methoxy groups -OCH3 is 1. The van der Waals surface area contributed by atoms with Gasteiger partial charge in [-0.1, -0.05) is 18.2 Å². The van der Waals surface area contributed by atoms with Crippen molar-refractivity contribution in [2.24, 2.45) is 7.05 Å². The lowest BCUT2D eigenvalue weighted by Crippen LogP contribution is -2.37. The average molecular weight is 484 g/mol. The van der Waals surface area contributed by atoms with Gasteiger partial charge in [-0.15, -0.1) is 10.2 Å². The third-order valence-corrected chi connectivity index (χ3v) is 6.68. The molecule has 178 valence electrons. The van der Waals surface area contributed by atoms with Gasteiger partial charge in [0, 0.05) is 43.9 Å². The fourth-order valence-corrected chi connectivity index (χ4v) is 4.67. The molecular formula is C23H25N5O5S. The number of benzene rings is 2. The van der Waals surface area contributed by atoms with Gasteiger partial charge in [0.05, 0.1) is 23.0 Å². The molecule has 1 amide bonds. The van der Waals surface area contributed by atoms with Gasteiger partial charge in [0.2, 0.25) is 0 Å². The largest absolute Gasteiger partial charge is 0.496 e. The first kappa shape index (κ1) is 23.7. The highest BCUT2D eigenvalue weighted by Crippen LogP contribution is 2.34. The Morgan fingerprint density at radius 2 is 2.18 bits per heavy atom. The van der Waals surface area contributed by atoms with Gasteiger partial charge in [-0.2, -0.15) is 0 Å². The van der Waals surface area contributed by atoms with E-state index in [9.17, 15) is 14.9 Å². The molecule has 1 aliphatic heterocycles. The SMILES string of the molecule is COc1ccccc1CN(CC1CCCO1)C(=O)c1ccc(Sc2nncn2C)c([N+](=O)[O-])c1. The topological polar surface area (TPSA) is 113 Å². The number of nitro groups is 1. The summed E-state index contributed by atoms with van der Waals surface area (Å²) >= 11 is 1.12. The smallest absolute Gasteiger partial charge is 0.284 e. The van der Waals surface area contributed by atoms with Crippen molar-refractivity contribution in [3.8, 4) is 5.75 Å². The highest BCUT2D eigenvalue weighted by molar-refractivity contribution is 7.99. The molecular weight excluding hydrogens is 458 g/mol. The van der Waals surface area contributed by atoms with Crippen LogP contribution in [0.2, 0.25) is 0 Å². The van der Waals surface area contributed by atoms with Crippen LogP contribution in [0.4, 0.5) is 5.69 Å². The van der Waals surface area contributed by atoms with Crippen LogP contribution in [0.15, 0.2) is 58.8 Å². The fraction of sp³-hybridized carbons (Fsp3) is 0.348. The van der Waals surface area contributed by atoms with Gasteiger partial charge in [0.1, 0.15) is 12.1 Å². The van der Waals surface area contributed by atoms with E-state index in [4.69, 9.17) is 9.47 Å². The standard InChI is InChI=1S/C23H25N5O5S/c1-26-15-24-25-23(26)34-21-10-9-16(12-19(21)28(30)31)22(29)27(14-18-7-5-11-33-18)13-17-6-3-4-8-20(17)32-2/h3-4,6,8-10,12,15,18H,5,7,11,13-14H2,1-2H3. The summed E-state index contributed by atoms with van der Waals surface area (Å²) in [4.78, 5) is 27.0. The van der Waals surface area contributed by atoms with E-state index in [0.717, 1.165) is 30.2 Å². The average Bonchev–Trinajstić information content (AvgIpc) is 3.50. The van der Waals surface area contributed by atoms with Crippen LogP contribution in [-0.2, 0) is 18.3 Å². The molecule has 3 aromatic rings. The van der Waals surface area contributed by atoms with E-state index in [1.165, 1.54) is 12.4 Å². The van der Waals surface area contributed by atoms with Crippen LogP contribution in [0.25, 0.3) is 0 Å². The Kier molecular flexibility index (Phi) is 7.43. The predicted molar refractivity (Wildman–Crippen MR) is 125 cm³/mol. The van der Waals surface area contributed by atoms with E-state index in [2.05, 4.69) is 10.2 Å². The van der Waals surface area contributed by atoms with Gasteiger partial charge < -0.3 is 18.9 Å². The summed E-state index contributed by atoms with van der Waals surface area (Å²) in [5.74, 6) is 0.369. The minimum absolute atomic E-state index is 0.0700. The van der Waals surface area contributed by atoms with Gasteiger partial charge in [-0.05, 0) is 42.8 Å². The van der Waals surface area contributed by atoms with Crippen LogP contribution >= 0.6 is 11.8 Å². The van der Waals surface area contributed by atoms with Crippen molar-refractivity contribution in [2.75, 3.05) is 20.3 Å². The van der Waals surface area contributed by atoms with Crippen LogP contribution in [0, 0.1) is 10.1 Å². The molecule has 0 aliphatic carbocycles. The minimum Gasteiger partial charge on any atom is -0.496 e. The van der Waals surface area contributed by atoms with Gasteiger partial charge in [0.15, 0.2) is 5.16 Å². The van der Waals surface area contributed by atoms with Crippen LogP contribution in [-0.4, -0.2) is 56.9 Å². The zero-order valence-corrected chi connectivity index (χ0v) is 19.7. The number of aromatic nitrogens is 3. The van der Waals surface area contributed by atoms with Gasteiger partial charge in [-0.25, -0.2) is 0 Å². The molecule has 1 atom stereocenters. The third kappa shape index (κ3) is 5.37. The first-order chi connectivity index (χ1) is 16.5. The summed E-state index contributed by atoms with van der Waals surface area (Å²) in [7, 11) is 3.34. The number of rotatable bonds is 9. The van der Waals surface area contributed by atoms with Crippen molar-refractivity contribution in [3.05, 3.63) is 70.0 Å². The Morgan fingerprint density at radius 3 is 2.85 bits per heavy atom. The molecule has 1 saturated heterocycles. The highest BCUT2D eigenvalue weighted by atomic mass is 32.2. The predicted octanol–water partition coefficient (Wildman–Crippen LogP) is 3.70. The minimum atomic E-state index is -0.486. The molecule has 1 unspecified atom stereocenters. The van der Waals surface area contributed by atoms with Crippen molar-refractivity contribution >= 4 is 23.4 Å². The number of carbonyl (C=O) groups excluding carboxylic acids is 1. The molecule has 2 aromatic carbocycles. The zero-order valence-electron chi connectivity index (χ0n) is 18.9. The summed E-state index contributed by atoms with van der Waals surface area (Å²) in [6.07, 6.45) is 3.26. The maximum Gasteiger partial charge on any atom is 0.284 e. The number of para-hydroxylation sites is 1. The van der Waals surface area contributed by atoms with E-state index in [1.54, 1.807) is 35.8 Å². The Balaban J connectivity index is 1.63. The molecule has 1 aromatic heterocycles. The Bertz CT molecular complexity index is 1180. The molecule has 0 radical (unpaired) electrons. The molecule has 1 fully saturated rings. The van der Waals surface area contributed by atoms with Crippen LogP contribution in [0.5, 0.6) is 5.75 Å². The number of nitrogens with zero attached hydrogens (tertiary/aromatic N) is 5. The monoisotopic (exact) mass is 483 g/mol. The second kappa shape index (κ2) is 10.7. The molecule has 0 saturated carbocycles. The Labute approximate surface area is 201 Å². The molecule has 2 heterocycles. The maximum absolute atomic E-state index is 13.6. The van der Waals surface area contributed by atoms with E-state index < -0.39 is 4.92 Å². The quantitative estimate of drug-likeness (QED) is 0.334. The molecule has 10 nitrogen and oxygen atoms in total. The highest BCUT2D eigenvalue weighted by Gasteiger charge is 2.27. The summed E-state index contributed by atoms with van der Waals surface area (Å²) < 4.78 is 12.9. The number of ether oxygens (including phenoxy) is 2. The summed E-state index contributed by atoms with van der Waals surface area (Å²) in [5.41, 5.74) is 0.926. The third-order valence-electron chi connectivity index (χ3n) is 5.56. The van der Waals surface area contributed by atoms with Gasteiger partial charge in [0.25, 0.3) is 11.6 Å². The number of hydrogen-bond donors (Lipinski definition) is 0. The lowest BCUT2D eigenvalue weighted by Gasteiger charge is -2.26. The number of nitro benzene ring substituents is 1. The van der Waals surface area contributed by atoms with Crippen LogP contribution < -0.4 is 4.74 Å². The lowest BCUT2D eigenvalue weighted by atomic mass is 10.1. The van der Waals surface area contributed by atoms with Crippen LogP contribution in [0.1, 0.15) is 28.8 Å². The Morgan fingerprint density at radius 1 is 1.35 bits per heavy atom. The number of aryl methyl sites for hydroxylation is 1. The van der Waals surface area contributed by atoms with Crippen molar-refractivity contribution in [1.29, 1.82) is 0 Å². The van der Waals surface area contributed by atoms with Crippen molar-refractivity contribution in [3.63, 3.8) is 0 Å². The maximum atomic E-state index is 13.6. The normalized spacial score (nSPS) is 15.3. The zero-order chi connectivity index (χ0) is 24.1. The molecule has 0 N–H and O–H groups in total. The molecule has 1 aliphatic rings. The molecule has 0 bridgehead atoms.